The predicted molar refractivity (Wildman–Crippen MR) is 101 cm³/mol. The Morgan fingerprint density at radius 3 is 2.69 bits per heavy atom. The fourth-order valence-corrected chi connectivity index (χ4v) is 3.93. The molecule has 0 unspecified atom stereocenters. The zero-order valence-electron chi connectivity index (χ0n) is 14.7. The molecule has 1 aromatic carbocycles. The van der Waals surface area contributed by atoms with Crippen LogP contribution in [0.3, 0.4) is 0 Å². The monoisotopic (exact) mass is 374 g/mol. The van der Waals surface area contributed by atoms with Crippen molar-refractivity contribution in [1.82, 2.24) is 14.4 Å². The predicted octanol–water partition coefficient (Wildman–Crippen LogP) is 2.47. The van der Waals surface area contributed by atoms with Gasteiger partial charge in [0, 0.05) is 19.3 Å². The SMILES string of the molecule is CS(=O)(=O)OCCC1CCN(c2ccn3c(n2)nc2ccccc23)CC1. The number of anilines is 1. The molecule has 0 atom stereocenters. The Balaban J connectivity index is 1.42. The third kappa shape index (κ3) is 3.66. The second kappa shape index (κ2) is 6.85. The second-order valence-electron chi connectivity index (χ2n) is 6.80. The van der Waals surface area contributed by atoms with Gasteiger partial charge in [-0.2, -0.15) is 13.4 Å². The molecule has 26 heavy (non-hydrogen) atoms. The Morgan fingerprint density at radius 2 is 1.92 bits per heavy atom. The third-order valence-corrected chi connectivity index (χ3v) is 5.52. The van der Waals surface area contributed by atoms with Crippen LogP contribution in [0.25, 0.3) is 16.8 Å². The highest BCUT2D eigenvalue weighted by atomic mass is 32.2. The van der Waals surface area contributed by atoms with Gasteiger partial charge in [-0.05, 0) is 43.4 Å². The minimum Gasteiger partial charge on any atom is -0.356 e. The van der Waals surface area contributed by atoms with E-state index in [1.54, 1.807) is 0 Å². The molecule has 3 heterocycles. The van der Waals surface area contributed by atoms with Crippen LogP contribution in [0.2, 0.25) is 0 Å². The van der Waals surface area contributed by atoms with E-state index in [1.807, 2.05) is 40.9 Å². The van der Waals surface area contributed by atoms with Gasteiger partial charge in [0.1, 0.15) is 5.82 Å². The molecule has 0 amide bonds. The summed E-state index contributed by atoms with van der Waals surface area (Å²) in [5.41, 5.74) is 2.01. The van der Waals surface area contributed by atoms with Gasteiger partial charge < -0.3 is 4.90 Å². The van der Waals surface area contributed by atoms with Crippen molar-refractivity contribution in [1.29, 1.82) is 0 Å². The lowest BCUT2D eigenvalue weighted by Gasteiger charge is -2.32. The van der Waals surface area contributed by atoms with Crippen molar-refractivity contribution < 1.29 is 12.6 Å². The molecule has 1 saturated heterocycles. The number of aromatic nitrogens is 3. The molecule has 1 aliphatic rings. The third-order valence-electron chi connectivity index (χ3n) is 4.93. The Hall–Kier alpha value is -2.19. The summed E-state index contributed by atoms with van der Waals surface area (Å²) < 4.78 is 28.9. The number of hydrogen-bond acceptors (Lipinski definition) is 6. The van der Waals surface area contributed by atoms with Gasteiger partial charge in [0.25, 0.3) is 10.1 Å². The average Bonchev–Trinajstić information content (AvgIpc) is 2.99. The number of hydrogen-bond donors (Lipinski definition) is 0. The maximum atomic E-state index is 11.0. The van der Waals surface area contributed by atoms with Gasteiger partial charge in [-0.3, -0.25) is 8.58 Å². The van der Waals surface area contributed by atoms with Crippen LogP contribution in [0, 0.1) is 5.92 Å². The molecular weight excluding hydrogens is 352 g/mol. The van der Waals surface area contributed by atoms with E-state index in [0.717, 1.165) is 55.5 Å². The Kier molecular flexibility index (Phi) is 4.54. The lowest BCUT2D eigenvalue weighted by atomic mass is 9.94. The van der Waals surface area contributed by atoms with Crippen LogP contribution < -0.4 is 4.90 Å². The summed E-state index contributed by atoms with van der Waals surface area (Å²) in [6.45, 7) is 2.09. The second-order valence-corrected chi connectivity index (χ2v) is 8.45. The van der Waals surface area contributed by atoms with Crippen LogP contribution >= 0.6 is 0 Å². The van der Waals surface area contributed by atoms with Crippen molar-refractivity contribution >= 4 is 32.7 Å². The standard InChI is InChI=1S/C18H22N4O3S/c1-26(23,24)25-13-9-14-6-10-21(11-7-14)17-8-12-22-16-5-3-2-4-15(16)19-18(22)20-17/h2-5,8,12,14H,6-7,9-11,13H2,1H3. The number of piperidine rings is 1. The first-order chi connectivity index (χ1) is 12.5. The van der Waals surface area contributed by atoms with Crippen LogP contribution in [0.15, 0.2) is 36.5 Å². The van der Waals surface area contributed by atoms with Gasteiger partial charge in [0.05, 0.1) is 23.9 Å². The molecule has 0 spiro atoms. The number of para-hydroxylation sites is 2. The first-order valence-electron chi connectivity index (χ1n) is 8.83. The summed E-state index contributed by atoms with van der Waals surface area (Å²) in [6.07, 6.45) is 5.92. The van der Waals surface area contributed by atoms with Crippen molar-refractivity contribution in [3.63, 3.8) is 0 Å². The summed E-state index contributed by atoms with van der Waals surface area (Å²) >= 11 is 0. The van der Waals surface area contributed by atoms with E-state index in [2.05, 4.69) is 9.88 Å². The maximum Gasteiger partial charge on any atom is 0.264 e. The van der Waals surface area contributed by atoms with Crippen molar-refractivity contribution in [2.24, 2.45) is 5.92 Å². The Morgan fingerprint density at radius 1 is 1.15 bits per heavy atom. The number of imidazole rings is 1. The molecule has 0 N–H and O–H groups in total. The van der Waals surface area contributed by atoms with Crippen LogP contribution in [-0.2, 0) is 14.3 Å². The molecular formula is C18H22N4O3S. The topological polar surface area (TPSA) is 76.8 Å². The van der Waals surface area contributed by atoms with Crippen LogP contribution in [-0.4, -0.2) is 48.7 Å². The maximum absolute atomic E-state index is 11.0. The average molecular weight is 374 g/mol. The van der Waals surface area contributed by atoms with Crippen molar-refractivity contribution in [2.75, 3.05) is 30.9 Å². The largest absolute Gasteiger partial charge is 0.356 e. The highest BCUT2D eigenvalue weighted by Crippen LogP contribution is 2.25. The fraction of sp³-hybridized carbons (Fsp3) is 0.444. The van der Waals surface area contributed by atoms with E-state index in [0.29, 0.717) is 11.7 Å². The molecule has 8 heteroatoms. The normalized spacial score (nSPS) is 16.6. The first-order valence-corrected chi connectivity index (χ1v) is 10.6. The zero-order valence-corrected chi connectivity index (χ0v) is 15.5. The van der Waals surface area contributed by atoms with Gasteiger partial charge in [-0.15, -0.1) is 0 Å². The molecule has 0 bridgehead atoms. The molecule has 0 aliphatic carbocycles. The quantitative estimate of drug-likeness (QED) is 0.639. The number of nitrogens with zero attached hydrogens (tertiary/aromatic N) is 4. The zero-order chi connectivity index (χ0) is 18.1. The molecule has 0 saturated carbocycles. The summed E-state index contributed by atoms with van der Waals surface area (Å²) in [6, 6.07) is 10.1. The van der Waals surface area contributed by atoms with Crippen molar-refractivity contribution in [3.05, 3.63) is 36.5 Å². The van der Waals surface area contributed by atoms with E-state index >= 15 is 0 Å². The summed E-state index contributed by atoms with van der Waals surface area (Å²) in [5.74, 6) is 2.15. The van der Waals surface area contributed by atoms with E-state index in [1.165, 1.54) is 0 Å². The molecule has 2 aromatic heterocycles. The summed E-state index contributed by atoms with van der Waals surface area (Å²) in [4.78, 5) is 11.6. The number of rotatable bonds is 5. The first kappa shape index (κ1) is 17.2. The smallest absolute Gasteiger partial charge is 0.264 e. The van der Waals surface area contributed by atoms with Crippen molar-refractivity contribution in [3.8, 4) is 0 Å². The Labute approximate surface area is 152 Å². The highest BCUT2D eigenvalue weighted by molar-refractivity contribution is 7.85. The number of benzene rings is 1. The van der Waals surface area contributed by atoms with Crippen LogP contribution in [0.5, 0.6) is 0 Å². The van der Waals surface area contributed by atoms with Gasteiger partial charge >= 0.3 is 0 Å². The Bertz CT molecular complexity index is 1020. The van der Waals surface area contributed by atoms with Crippen molar-refractivity contribution in [2.45, 2.75) is 19.3 Å². The van der Waals surface area contributed by atoms with Gasteiger partial charge in [-0.25, -0.2) is 4.98 Å². The van der Waals surface area contributed by atoms with Crippen LogP contribution in [0.1, 0.15) is 19.3 Å². The highest BCUT2D eigenvalue weighted by Gasteiger charge is 2.21. The van der Waals surface area contributed by atoms with Gasteiger partial charge in [0.2, 0.25) is 5.78 Å². The minimum absolute atomic E-state index is 0.272. The van der Waals surface area contributed by atoms with E-state index in [9.17, 15) is 8.42 Å². The van der Waals surface area contributed by atoms with Gasteiger partial charge in [0.15, 0.2) is 0 Å². The van der Waals surface area contributed by atoms with Gasteiger partial charge in [-0.1, -0.05) is 12.1 Å². The lowest BCUT2D eigenvalue weighted by Crippen LogP contribution is -2.34. The minimum atomic E-state index is -3.34. The molecule has 7 nitrogen and oxygen atoms in total. The summed E-state index contributed by atoms with van der Waals surface area (Å²) in [7, 11) is -3.34. The molecule has 4 rings (SSSR count). The van der Waals surface area contributed by atoms with E-state index < -0.39 is 10.1 Å². The molecule has 1 aliphatic heterocycles. The van der Waals surface area contributed by atoms with E-state index in [-0.39, 0.29) is 6.61 Å². The molecule has 0 radical (unpaired) electrons. The lowest BCUT2D eigenvalue weighted by molar-refractivity contribution is 0.264. The number of fused-ring (bicyclic) bond motifs is 3. The molecule has 1 fully saturated rings. The fourth-order valence-electron chi connectivity index (χ4n) is 3.53. The summed E-state index contributed by atoms with van der Waals surface area (Å²) in [5, 5.41) is 0. The molecule has 3 aromatic rings. The van der Waals surface area contributed by atoms with E-state index in [4.69, 9.17) is 9.17 Å². The van der Waals surface area contributed by atoms with Crippen LogP contribution in [0.4, 0.5) is 5.82 Å². The molecule has 138 valence electrons.